The first-order valence-electron chi connectivity index (χ1n) is 6.34. The Bertz CT molecular complexity index is 439. The fraction of sp³-hybridized carbons (Fsp3) is 0.750. The molecule has 0 amide bonds. The molecule has 1 aromatic rings. The Morgan fingerprint density at radius 2 is 2.00 bits per heavy atom. The Labute approximate surface area is 114 Å². The SMILES string of the molecule is CCOC1(c2nc(C(F)(F)F)c(CN)s2)CCCC1. The van der Waals surface area contributed by atoms with Crippen LogP contribution in [0.1, 0.15) is 48.2 Å². The van der Waals surface area contributed by atoms with Gasteiger partial charge in [0.25, 0.3) is 0 Å². The van der Waals surface area contributed by atoms with Gasteiger partial charge in [0.05, 0.1) is 4.88 Å². The molecule has 7 heteroatoms. The van der Waals surface area contributed by atoms with Crippen LogP contribution in [0, 0.1) is 0 Å². The lowest BCUT2D eigenvalue weighted by atomic mass is 10.0. The standard InChI is InChI=1S/C12H17F3N2OS/c1-2-18-11(5-3-4-6-11)10-17-9(12(13,14)15)8(7-16)19-10/h2-7,16H2,1H3. The molecule has 1 aliphatic carbocycles. The van der Waals surface area contributed by atoms with Crippen molar-refractivity contribution in [2.24, 2.45) is 5.73 Å². The molecule has 2 N–H and O–H groups in total. The van der Waals surface area contributed by atoms with Crippen molar-refractivity contribution in [3.8, 4) is 0 Å². The van der Waals surface area contributed by atoms with Crippen LogP contribution < -0.4 is 5.73 Å². The van der Waals surface area contributed by atoms with Crippen molar-refractivity contribution in [1.29, 1.82) is 0 Å². The van der Waals surface area contributed by atoms with Crippen molar-refractivity contribution < 1.29 is 17.9 Å². The van der Waals surface area contributed by atoms with Crippen LogP contribution in [0.5, 0.6) is 0 Å². The van der Waals surface area contributed by atoms with Crippen molar-refractivity contribution in [1.82, 2.24) is 4.98 Å². The maximum atomic E-state index is 12.9. The predicted octanol–water partition coefficient (Wildman–Crippen LogP) is 3.43. The summed E-state index contributed by atoms with van der Waals surface area (Å²) >= 11 is 1.04. The van der Waals surface area contributed by atoms with Gasteiger partial charge in [-0.2, -0.15) is 13.2 Å². The lowest BCUT2D eigenvalue weighted by molar-refractivity contribution is -0.141. The molecule has 0 bridgehead atoms. The number of nitrogens with two attached hydrogens (primary N) is 1. The van der Waals surface area contributed by atoms with E-state index in [4.69, 9.17) is 10.5 Å². The topological polar surface area (TPSA) is 48.1 Å². The minimum Gasteiger partial charge on any atom is -0.368 e. The number of rotatable bonds is 4. The number of alkyl halides is 3. The van der Waals surface area contributed by atoms with Crippen LogP contribution in [0.15, 0.2) is 0 Å². The van der Waals surface area contributed by atoms with Gasteiger partial charge in [-0.1, -0.05) is 12.8 Å². The number of thiazole rings is 1. The molecule has 19 heavy (non-hydrogen) atoms. The first-order chi connectivity index (χ1) is 8.93. The minimum atomic E-state index is -4.45. The van der Waals surface area contributed by atoms with Crippen LogP contribution >= 0.6 is 11.3 Å². The number of nitrogens with zero attached hydrogens (tertiary/aromatic N) is 1. The number of ether oxygens (including phenoxy) is 1. The van der Waals surface area contributed by atoms with Gasteiger partial charge in [-0.15, -0.1) is 11.3 Å². The van der Waals surface area contributed by atoms with Crippen molar-refractivity contribution in [2.75, 3.05) is 6.61 Å². The van der Waals surface area contributed by atoms with Crippen LogP contribution in [0.25, 0.3) is 0 Å². The molecule has 1 saturated carbocycles. The molecular weight excluding hydrogens is 277 g/mol. The molecule has 0 saturated heterocycles. The third kappa shape index (κ3) is 2.78. The fourth-order valence-electron chi connectivity index (χ4n) is 2.55. The predicted molar refractivity (Wildman–Crippen MR) is 66.8 cm³/mol. The maximum Gasteiger partial charge on any atom is 0.434 e. The van der Waals surface area contributed by atoms with E-state index in [0.29, 0.717) is 11.6 Å². The lowest BCUT2D eigenvalue weighted by Crippen LogP contribution is -2.26. The zero-order valence-corrected chi connectivity index (χ0v) is 11.5. The second-order valence-electron chi connectivity index (χ2n) is 4.63. The van der Waals surface area contributed by atoms with Gasteiger partial charge in [0, 0.05) is 13.2 Å². The molecule has 3 nitrogen and oxygen atoms in total. The van der Waals surface area contributed by atoms with E-state index in [0.717, 1.165) is 37.0 Å². The van der Waals surface area contributed by atoms with E-state index in [1.807, 2.05) is 6.92 Å². The van der Waals surface area contributed by atoms with Crippen LogP contribution in [0.4, 0.5) is 13.2 Å². The molecule has 0 aromatic carbocycles. The summed E-state index contributed by atoms with van der Waals surface area (Å²) in [5, 5.41) is 0.430. The second-order valence-corrected chi connectivity index (χ2v) is 5.71. The third-order valence-electron chi connectivity index (χ3n) is 3.37. The zero-order valence-electron chi connectivity index (χ0n) is 10.7. The summed E-state index contributed by atoms with van der Waals surface area (Å²) in [4.78, 5) is 3.90. The summed E-state index contributed by atoms with van der Waals surface area (Å²) in [5.41, 5.74) is 3.93. The number of halogens is 3. The highest BCUT2D eigenvalue weighted by molar-refractivity contribution is 7.11. The first-order valence-corrected chi connectivity index (χ1v) is 7.16. The molecule has 0 unspecified atom stereocenters. The minimum absolute atomic E-state index is 0.0912. The highest BCUT2D eigenvalue weighted by atomic mass is 32.1. The van der Waals surface area contributed by atoms with Crippen LogP contribution in [0.2, 0.25) is 0 Å². The summed E-state index contributed by atoms with van der Waals surface area (Å²) in [6.45, 7) is 2.18. The van der Waals surface area contributed by atoms with Gasteiger partial charge in [0.1, 0.15) is 10.6 Å². The van der Waals surface area contributed by atoms with Crippen molar-refractivity contribution >= 4 is 11.3 Å². The largest absolute Gasteiger partial charge is 0.434 e. The van der Waals surface area contributed by atoms with Gasteiger partial charge in [-0.05, 0) is 19.8 Å². The third-order valence-corrected chi connectivity index (χ3v) is 4.64. The summed E-state index contributed by atoms with van der Waals surface area (Å²) in [6, 6.07) is 0. The van der Waals surface area contributed by atoms with Gasteiger partial charge in [0.2, 0.25) is 0 Å². The molecular formula is C12H17F3N2OS. The quantitative estimate of drug-likeness (QED) is 0.925. The van der Waals surface area contributed by atoms with E-state index in [2.05, 4.69) is 4.98 Å². The van der Waals surface area contributed by atoms with Gasteiger partial charge in [0.15, 0.2) is 5.69 Å². The van der Waals surface area contributed by atoms with Gasteiger partial charge >= 0.3 is 6.18 Å². The smallest absolute Gasteiger partial charge is 0.368 e. The summed E-state index contributed by atoms with van der Waals surface area (Å²) in [6.07, 6.45) is -1.07. The second kappa shape index (κ2) is 5.38. The Morgan fingerprint density at radius 1 is 1.37 bits per heavy atom. The van der Waals surface area contributed by atoms with E-state index in [-0.39, 0.29) is 11.4 Å². The highest BCUT2D eigenvalue weighted by Crippen LogP contribution is 2.46. The van der Waals surface area contributed by atoms with Crippen molar-refractivity contribution in [3.05, 3.63) is 15.6 Å². The molecule has 0 aliphatic heterocycles. The first kappa shape index (κ1) is 14.7. The Balaban J connectivity index is 2.42. The van der Waals surface area contributed by atoms with E-state index in [1.165, 1.54) is 0 Å². The van der Waals surface area contributed by atoms with Gasteiger partial charge < -0.3 is 10.5 Å². The van der Waals surface area contributed by atoms with E-state index in [9.17, 15) is 13.2 Å². The van der Waals surface area contributed by atoms with E-state index in [1.54, 1.807) is 0 Å². The fourth-order valence-corrected chi connectivity index (χ4v) is 3.71. The Morgan fingerprint density at radius 3 is 2.42 bits per heavy atom. The van der Waals surface area contributed by atoms with Crippen LogP contribution in [0.3, 0.4) is 0 Å². The molecule has 2 rings (SSSR count). The molecule has 1 aliphatic rings. The van der Waals surface area contributed by atoms with Gasteiger partial charge in [-0.3, -0.25) is 0 Å². The Hall–Kier alpha value is -0.660. The monoisotopic (exact) mass is 294 g/mol. The van der Waals surface area contributed by atoms with Crippen molar-refractivity contribution in [2.45, 2.75) is 50.9 Å². The average molecular weight is 294 g/mol. The van der Waals surface area contributed by atoms with Crippen LogP contribution in [-0.2, 0) is 23.1 Å². The zero-order chi connectivity index (χ0) is 14.1. The highest BCUT2D eigenvalue weighted by Gasteiger charge is 2.43. The molecule has 1 aromatic heterocycles. The normalized spacial score (nSPS) is 19.0. The van der Waals surface area contributed by atoms with E-state index >= 15 is 0 Å². The molecule has 108 valence electrons. The maximum absolute atomic E-state index is 12.9. The summed E-state index contributed by atoms with van der Waals surface area (Å²) < 4.78 is 44.4. The number of hydrogen-bond donors (Lipinski definition) is 1. The summed E-state index contributed by atoms with van der Waals surface area (Å²) in [5.74, 6) is 0. The van der Waals surface area contributed by atoms with Crippen LogP contribution in [-0.4, -0.2) is 11.6 Å². The molecule has 1 heterocycles. The van der Waals surface area contributed by atoms with Gasteiger partial charge in [-0.25, -0.2) is 4.98 Å². The Kier molecular flexibility index (Phi) is 4.17. The molecule has 0 atom stereocenters. The average Bonchev–Trinajstić information content (AvgIpc) is 2.94. The molecule has 0 spiro atoms. The lowest BCUT2D eigenvalue weighted by Gasteiger charge is -2.26. The number of aromatic nitrogens is 1. The van der Waals surface area contributed by atoms with E-state index < -0.39 is 17.5 Å². The number of hydrogen-bond acceptors (Lipinski definition) is 4. The summed E-state index contributed by atoms with van der Waals surface area (Å²) in [7, 11) is 0. The molecule has 1 fully saturated rings. The molecule has 0 radical (unpaired) electrons. The van der Waals surface area contributed by atoms with Crippen molar-refractivity contribution in [3.63, 3.8) is 0 Å².